The van der Waals surface area contributed by atoms with Crippen molar-refractivity contribution in [3.63, 3.8) is 0 Å². The average molecular weight is 341 g/mol. The fourth-order valence-electron chi connectivity index (χ4n) is 2.58. The largest absolute Gasteiger partial charge is 0.497 e. The number of aliphatic imine (C=N–C) groups is 1. The highest BCUT2D eigenvalue weighted by Crippen LogP contribution is 2.25. The first-order valence-electron chi connectivity index (χ1n) is 8.38. The van der Waals surface area contributed by atoms with Crippen LogP contribution in [0.1, 0.15) is 24.0 Å². The molecule has 0 spiro atoms. The van der Waals surface area contributed by atoms with Gasteiger partial charge in [0.25, 0.3) is 0 Å². The molecule has 1 unspecified atom stereocenters. The highest BCUT2D eigenvalue weighted by atomic mass is 16.5. The lowest BCUT2D eigenvalue weighted by Crippen LogP contribution is -2.38. The molecule has 2 aromatic carbocycles. The van der Waals surface area contributed by atoms with E-state index in [1.807, 2.05) is 42.5 Å². The maximum atomic E-state index is 5.44. The molecule has 0 heterocycles. The van der Waals surface area contributed by atoms with Gasteiger partial charge in [-0.2, -0.15) is 0 Å². The van der Waals surface area contributed by atoms with Gasteiger partial charge in [0.2, 0.25) is 0 Å². The molecule has 1 atom stereocenters. The first-order valence-corrected chi connectivity index (χ1v) is 8.38. The van der Waals surface area contributed by atoms with Crippen molar-refractivity contribution in [2.75, 3.05) is 27.8 Å². The van der Waals surface area contributed by atoms with E-state index in [2.05, 4.69) is 28.6 Å². The lowest BCUT2D eigenvalue weighted by Gasteiger charge is -2.18. The molecule has 0 saturated carbocycles. The summed E-state index contributed by atoms with van der Waals surface area (Å²) < 4.78 is 10.6. The molecule has 2 rings (SSSR count). The Morgan fingerprint density at radius 1 is 1.00 bits per heavy atom. The van der Waals surface area contributed by atoms with E-state index in [9.17, 15) is 0 Å². The number of methoxy groups -OCH3 is 2. The number of nitrogens with zero attached hydrogens (tertiary/aromatic N) is 1. The minimum absolute atomic E-state index is 0.302. The van der Waals surface area contributed by atoms with Gasteiger partial charge in [-0.1, -0.05) is 37.3 Å². The third-order valence-electron chi connectivity index (χ3n) is 4.09. The molecule has 0 aliphatic heterocycles. The Balaban J connectivity index is 1.87. The molecule has 134 valence electrons. The summed E-state index contributed by atoms with van der Waals surface area (Å²) in [6.07, 6.45) is 0. The third-order valence-corrected chi connectivity index (χ3v) is 4.09. The van der Waals surface area contributed by atoms with Crippen LogP contribution in [0.15, 0.2) is 53.5 Å². The highest BCUT2D eigenvalue weighted by molar-refractivity contribution is 5.79. The van der Waals surface area contributed by atoms with Gasteiger partial charge in [-0.25, -0.2) is 0 Å². The summed E-state index contributed by atoms with van der Waals surface area (Å²) in [6.45, 7) is 3.64. The lowest BCUT2D eigenvalue weighted by molar-refractivity contribution is 0.406. The van der Waals surface area contributed by atoms with E-state index < -0.39 is 0 Å². The standard InChI is InChI=1S/C20H27N3O2/c1-15(18-7-5-6-8-19(18)25-4)13-22-20(21-2)23-14-16-9-11-17(24-3)12-10-16/h5-12,15H,13-14H2,1-4H3,(H2,21,22,23). The first kappa shape index (κ1) is 18.6. The topological polar surface area (TPSA) is 54.9 Å². The van der Waals surface area contributed by atoms with Gasteiger partial charge >= 0.3 is 0 Å². The molecule has 0 fully saturated rings. The van der Waals surface area contributed by atoms with Crippen LogP contribution in [0.25, 0.3) is 0 Å². The molecular formula is C20H27N3O2. The van der Waals surface area contributed by atoms with Gasteiger partial charge in [0.15, 0.2) is 5.96 Å². The van der Waals surface area contributed by atoms with Crippen LogP contribution in [0, 0.1) is 0 Å². The average Bonchev–Trinajstić information content (AvgIpc) is 2.68. The van der Waals surface area contributed by atoms with Crippen molar-refractivity contribution in [1.29, 1.82) is 0 Å². The molecule has 0 amide bonds. The number of nitrogens with one attached hydrogen (secondary N) is 2. The van der Waals surface area contributed by atoms with Gasteiger partial charge in [-0.3, -0.25) is 4.99 Å². The molecule has 25 heavy (non-hydrogen) atoms. The van der Waals surface area contributed by atoms with Crippen molar-refractivity contribution < 1.29 is 9.47 Å². The maximum absolute atomic E-state index is 5.44. The number of para-hydroxylation sites is 1. The lowest BCUT2D eigenvalue weighted by atomic mass is 10.0. The van der Waals surface area contributed by atoms with Gasteiger partial charge in [-0.15, -0.1) is 0 Å². The Hall–Kier alpha value is -2.69. The van der Waals surface area contributed by atoms with Gasteiger partial charge in [0.1, 0.15) is 11.5 Å². The molecule has 0 aliphatic rings. The van der Waals surface area contributed by atoms with E-state index in [-0.39, 0.29) is 0 Å². The van der Waals surface area contributed by atoms with Crippen LogP contribution < -0.4 is 20.1 Å². The highest BCUT2D eigenvalue weighted by Gasteiger charge is 2.11. The minimum atomic E-state index is 0.302. The molecule has 2 aromatic rings. The normalized spacial score (nSPS) is 12.4. The number of ether oxygens (including phenoxy) is 2. The van der Waals surface area contributed by atoms with E-state index in [1.54, 1.807) is 21.3 Å². The Bertz CT molecular complexity index is 684. The van der Waals surface area contributed by atoms with Crippen LogP contribution in [0.5, 0.6) is 11.5 Å². The van der Waals surface area contributed by atoms with Crippen LogP contribution in [0.3, 0.4) is 0 Å². The van der Waals surface area contributed by atoms with Crippen molar-refractivity contribution >= 4 is 5.96 Å². The van der Waals surface area contributed by atoms with Gasteiger partial charge in [-0.05, 0) is 29.3 Å². The van der Waals surface area contributed by atoms with Gasteiger partial charge < -0.3 is 20.1 Å². The SMILES string of the molecule is CN=C(NCc1ccc(OC)cc1)NCC(C)c1ccccc1OC. The van der Waals surface area contributed by atoms with E-state index in [4.69, 9.17) is 9.47 Å². The van der Waals surface area contributed by atoms with Crippen molar-refractivity contribution in [3.8, 4) is 11.5 Å². The van der Waals surface area contributed by atoms with Gasteiger partial charge in [0.05, 0.1) is 14.2 Å². The number of hydrogen-bond donors (Lipinski definition) is 2. The van der Waals surface area contributed by atoms with Crippen molar-refractivity contribution in [2.45, 2.75) is 19.4 Å². The van der Waals surface area contributed by atoms with Crippen molar-refractivity contribution in [3.05, 3.63) is 59.7 Å². The second-order valence-corrected chi connectivity index (χ2v) is 5.80. The van der Waals surface area contributed by atoms with Crippen LogP contribution in [-0.4, -0.2) is 33.8 Å². The second kappa shape index (κ2) is 9.57. The summed E-state index contributed by atoms with van der Waals surface area (Å²) in [5.41, 5.74) is 2.35. The fraction of sp³-hybridized carbons (Fsp3) is 0.350. The quantitative estimate of drug-likeness (QED) is 0.600. The zero-order valence-electron chi connectivity index (χ0n) is 15.4. The van der Waals surface area contributed by atoms with Crippen molar-refractivity contribution in [1.82, 2.24) is 10.6 Å². The predicted molar refractivity (Wildman–Crippen MR) is 103 cm³/mol. The Labute approximate surface area is 150 Å². The molecule has 0 saturated heterocycles. The molecule has 5 nitrogen and oxygen atoms in total. The van der Waals surface area contributed by atoms with E-state index in [1.165, 1.54) is 11.1 Å². The number of rotatable bonds is 7. The molecular weight excluding hydrogens is 314 g/mol. The molecule has 5 heteroatoms. The zero-order valence-corrected chi connectivity index (χ0v) is 15.4. The number of hydrogen-bond acceptors (Lipinski definition) is 3. The summed E-state index contributed by atoms with van der Waals surface area (Å²) in [7, 11) is 5.15. The fourth-order valence-corrected chi connectivity index (χ4v) is 2.58. The molecule has 0 aliphatic carbocycles. The van der Waals surface area contributed by atoms with Crippen molar-refractivity contribution in [2.24, 2.45) is 4.99 Å². The number of benzene rings is 2. The smallest absolute Gasteiger partial charge is 0.191 e. The van der Waals surface area contributed by atoms with Crippen LogP contribution in [0.4, 0.5) is 0 Å². The van der Waals surface area contributed by atoms with E-state index in [0.29, 0.717) is 12.5 Å². The summed E-state index contributed by atoms with van der Waals surface area (Å²) >= 11 is 0. The molecule has 0 bridgehead atoms. The third kappa shape index (κ3) is 5.41. The van der Waals surface area contributed by atoms with Crippen LogP contribution in [-0.2, 0) is 6.54 Å². The molecule has 2 N–H and O–H groups in total. The summed E-state index contributed by atoms with van der Waals surface area (Å²) in [5.74, 6) is 2.85. The first-order chi connectivity index (χ1) is 12.2. The minimum Gasteiger partial charge on any atom is -0.497 e. The van der Waals surface area contributed by atoms with Crippen LogP contribution in [0.2, 0.25) is 0 Å². The second-order valence-electron chi connectivity index (χ2n) is 5.80. The monoisotopic (exact) mass is 341 g/mol. The van der Waals surface area contributed by atoms with Crippen LogP contribution >= 0.6 is 0 Å². The molecule has 0 radical (unpaired) electrons. The maximum Gasteiger partial charge on any atom is 0.191 e. The van der Waals surface area contributed by atoms with E-state index in [0.717, 1.165) is 24.0 Å². The summed E-state index contributed by atoms with van der Waals surface area (Å²) in [4.78, 5) is 4.28. The Kier molecular flexibility index (Phi) is 7.14. The van der Waals surface area contributed by atoms with Gasteiger partial charge in [0, 0.05) is 26.1 Å². The summed E-state index contributed by atoms with van der Waals surface area (Å²) in [5, 5.41) is 6.70. The summed E-state index contributed by atoms with van der Waals surface area (Å²) in [6, 6.07) is 16.1. The zero-order chi connectivity index (χ0) is 18.1. The predicted octanol–water partition coefficient (Wildman–Crippen LogP) is 3.17. The Morgan fingerprint density at radius 2 is 1.72 bits per heavy atom. The Morgan fingerprint density at radius 3 is 2.36 bits per heavy atom. The molecule has 0 aromatic heterocycles. The van der Waals surface area contributed by atoms with E-state index >= 15 is 0 Å². The number of guanidine groups is 1.